The Morgan fingerprint density at radius 1 is 0.528 bits per heavy atom. The molecule has 4 heterocycles. The van der Waals surface area contributed by atoms with Crippen LogP contribution in [0.3, 0.4) is 0 Å². The first-order valence-corrected chi connectivity index (χ1v) is 11.2. The molecule has 0 spiro atoms. The monoisotopic (exact) mass is 512 g/mol. The number of nitrogens with zero attached hydrogens (tertiary/aromatic N) is 4. The molecule has 0 N–H and O–H groups in total. The van der Waals surface area contributed by atoms with Gasteiger partial charge in [0, 0.05) is 88.6 Å². The first-order valence-electron chi connectivity index (χ1n) is 11.2. The molecule has 0 bridgehead atoms. The maximum atomic E-state index is 13.9. The Kier molecular flexibility index (Phi) is 8.23. The Hall–Kier alpha value is -4.26. The second-order valence-electron chi connectivity index (χ2n) is 7.78. The van der Waals surface area contributed by atoms with Gasteiger partial charge in [-0.1, -0.05) is 0 Å². The third-order valence-electron chi connectivity index (χ3n) is 5.67. The van der Waals surface area contributed by atoms with Gasteiger partial charge in [0.1, 0.15) is 0 Å². The number of Topliss-reactive ketones (excluding diaryl/α,β-unsaturated/α-hetero) is 1. The van der Waals surface area contributed by atoms with Gasteiger partial charge in [0.15, 0.2) is 5.78 Å². The van der Waals surface area contributed by atoms with Crippen LogP contribution in [0.15, 0.2) is 116 Å². The number of pyridine rings is 4. The number of allylic oxidation sites excluding steroid dienone is 8. The maximum absolute atomic E-state index is 13.9. The fourth-order valence-electron chi connectivity index (χ4n) is 4.14. The normalized spacial score (nSPS) is 13.9. The Morgan fingerprint density at radius 3 is 1.11 bits per heavy atom. The van der Waals surface area contributed by atoms with E-state index >= 15 is 0 Å². The average Bonchev–Trinajstić information content (AvgIpc) is 3.61. The van der Waals surface area contributed by atoms with E-state index in [2.05, 4.69) is 32.1 Å². The van der Waals surface area contributed by atoms with E-state index in [0.717, 1.165) is 39.8 Å². The zero-order chi connectivity index (χ0) is 23.9. The van der Waals surface area contributed by atoms with Crippen LogP contribution < -0.4 is 0 Å². The van der Waals surface area contributed by atoms with Gasteiger partial charge in [0.05, 0.1) is 0 Å². The summed E-state index contributed by atoms with van der Waals surface area (Å²) < 4.78 is 0. The van der Waals surface area contributed by atoms with Crippen LogP contribution in [-0.4, -0.2) is 25.7 Å². The fraction of sp³-hybridized carbons (Fsp3) is 0.0333. The van der Waals surface area contributed by atoms with Crippen LogP contribution in [0.1, 0.15) is 28.7 Å². The van der Waals surface area contributed by atoms with E-state index in [0.29, 0.717) is 11.1 Å². The van der Waals surface area contributed by atoms with Gasteiger partial charge in [-0.25, -0.2) is 12.2 Å². The molecule has 0 saturated carbocycles. The van der Waals surface area contributed by atoms with Crippen molar-refractivity contribution in [2.24, 2.45) is 0 Å². The summed E-state index contributed by atoms with van der Waals surface area (Å²) in [6.07, 6.45) is 23.8. The van der Waals surface area contributed by atoms with E-state index in [9.17, 15) is 4.79 Å². The molecular weight excluding hydrogens is 491 g/mol. The van der Waals surface area contributed by atoms with Crippen molar-refractivity contribution in [1.82, 2.24) is 19.9 Å². The van der Waals surface area contributed by atoms with Crippen LogP contribution >= 0.6 is 0 Å². The third-order valence-corrected chi connectivity index (χ3v) is 5.67. The molecule has 0 fully saturated rings. The first kappa shape index (κ1) is 24.8. The number of carbonyl (C=O) groups is 1. The zero-order valence-electron chi connectivity index (χ0n) is 19.2. The number of hydrogen-bond acceptors (Lipinski definition) is 5. The smallest absolute Gasteiger partial charge is 0.195 e. The van der Waals surface area contributed by atoms with E-state index in [1.165, 1.54) is 0 Å². The van der Waals surface area contributed by atoms with Gasteiger partial charge in [0.25, 0.3) is 0 Å². The van der Waals surface area contributed by atoms with Gasteiger partial charge >= 0.3 is 0 Å². The Balaban J connectivity index is 0.000000455. The summed E-state index contributed by atoms with van der Waals surface area (Å²) in [7, 11) is 0. The van der Waals surface area contributed by atoms with Crippen LogP contribution in [0.2, 0.25) is 0 Å². The van der Waals surface area contributed by atoms with E-state index < -0.39 is 0 Å². The topological polar surface area (TPSA) is 68.6 Å². The Bertz CT molecular complexity index is 1340. The summed E-state index contributed by atoms with van der Waals surface area (Å²) in [6, 6.07) is 15.2. The molecule has 0 saturated heterocycles. The number of carbonyl (C=O) groups excluding carboxylic acids is 1. The van der Waals surface area contributed by atoms with Crippen LogP contribution in [0.25, 0.3) is 22.3 Å². The largest absolute Gasteiger partial charge is 0.289 e. The maximum Gasteiger partial charge on any atom is 0.195 e. The van der Waals surface area contributed by atoms with Gasteiger partial charge in [-0.15, -0.1) is 6.42 Å². The number of aromatic nitrogens is 4. The minimum Gasteiger partial charge on any atom is -0.289 e. The SMILES string of the molecule is O=C1C(c2ccncc2)=C(c2ccncc2)C(c2ccncc2)=C1c1ccncc1.[C-]1=CC=CC1.[Co]. The van der Waals surface area contributed by atoms with Gasteiger partial charge in [0.2, 0.25) is 0 Å². The fourth-order valence-corrected chi connectivity index (χ4v) is 4.14. The van der Waals surface area contributed by atoms with Crippen molar-refractivity contribution in [2.75, 3.05) is 0 Å². The van der Waals surface area contributed by atoms with Crippen molar-refractivity contribution in [3.63, 3.8) is 0 Å². The Labute approximate surface area is 220 Å². The summed E-state index contributed by atoms with van der Waals surface area (Å²) >= 11 is 0. The van der Waals surface area contributed by atoms with Crippen molar-refractivity contribution in [3.8, 4) is 0 Å². The van der Waals surface area contributed by atoms with Crippen LogP contribution in [-0.2, 0) is 21.6 Å². The molecule has 2 aliphatic rings. The van der Waals surface area contributed by atoms with Gasteiger partial charge in [-0.2, -0.15) is 6.08 Å². The molecule has 0 amide bonds. The summed E-state index contributed by atoms with van der Waals surface area (Å²) in [6.45, 7) is 0. The molecule has 6 heteroatoms. The third kappa shape index (κ3) is 5.20. The Morgan fingerprint density at radius 2 is 0.861 bits per heavy atom. The van der Waals surface area contributed by atoms with Crippen molar-refractivity contribution < 1.29 is 21.6 Å². The molecule has 4 aromatic rings. The average molecular weight is 512 g/mol. The first-order chi connectivity index (χ1) is 17.3. The van der Waals surface area contributed by atoms with Crippen molar-refractivity contribution >= 4 is 28.1 Å². The van der Waals surface area contributed by atoms with E-state index in [1.807, 2.05) is 60.7 Å². The molecule has 5 nitrogen and oxygen atoms in total. The van der Waals surface area contributed by atoms with Crippen molar-refractivity contribution in [1.29, 1.82) is 0 Å². The second-order valence-corrected chi connectivity index (χ2v) is 7.78. The van der Waals surface area contributed by atoms with E-state index in [1.54, 1.807) is 49.6 Å². The molecule has 0 aliphatic heterocycles. The molecule has 36 heavy (non-hydrogen) atoms. The minimum absolute atomic E-state index is 0. The number of hydrogen-bond donors (Lipinski definition) is 0. The summed E-state index contributed by atoms with van der Waals surface area (Å²) in [5.74, 6) is -0.0222. The number of rotatable bonds is 4. The van der Waals surface area contributed by atoms with Crippen LogP contribution in [0.5, 0.6) is 0 Å². The molecule has 177 valence electrons. The molecule has 4 aromatic heterocycles. The molecule has 0 aromatic carbocycles. The van der Waals surface area contributed by atoms with E-state index in [4.69, 9.17) is 0 Å². The summed E-state index contributed by atoms with van der Waals surface area (Å²) in [5.41, 5.74) is 6.60. The van der Waals surface area contributed by atoms with Gasteiger partial charge < -0.3 is 0 Å². The summed E-state index contributed by atoms with van der Waals surface area (Å²) in [4.78, 5) is 30.4. The quantitative estimate of drug-likeness (QED) is 0.330. The van der Waals surface area contributed by atoms with Crippen molar-refractivity contribution in [2.45, 2.75) is 6.42 Å². The molecule has 6 rings (SSSR count). The molecule has 0 atom stereocenters. The minimum atomic E-state index is -0.0222. The number of ketones is 1. The molecule has 1 radical (unpaired) electrons. The second kappa shape index (κ2) is 11.9. The van der Waals surface area contributed by atoms with E-state index in [-0.39, 0.29) is 22.6 Å². The molecular formula is C30H21CoN4O-. The predicted molar refractivity (Wildman–Crippen MR) is 137 cm³/mol. The molecule has 2 aliphatic carbocycles. The summed E-state index contributed by atoms with van der Waals surface area (Å²) in [5, 5.41) is 0. The van der Waals surface area contributed by atoms with Crippen LogP contribution in [0.4, 0.5) is 0 Å². The molecule has 0 unspecified atom stereocenters. The van der Waals surface area contributed by atoms with Gasteiger partial charge in [-0.3, -0.25) is 30.8 Å². The predicted octanol–water partition coefficient (Wildman–Crippen LogP) is 5.67. The standard InChI is InChI=1S/C25H16N4O.C5H5.Co/c30-25-23(19-5-13-28-14-6-19)21(17-1-9-26-10-2-17)22(18-3-11-27-12-4-18)24(25)20-7-15-29-16-8-20;1-2-4-5-3-1;/h1-16H;1-3H,4H2;/q;-1;. The van der Waals surface area contributed by atoms with Gasteiger partial charge in [-0.05, 0) is 70.8 Å². The van der Waals surface area contributed by atoms with Crippen molar-refractivity contribution in [3.05, 3.63) is 145 Å². The van der Waals surface area contributed by atoms with Crippen LogP contribution in [0, 0.1) is 6.08 Å². The zero-order valence-corrected chi connectivity index (χ0v) is 20.2.